The van der Waals surface area contributed by atoms with Gasteiger partial charge in [0.1, 0.15) is 0 Å². The molecule has 0 aliphatic carbocycles. The summed E-state index contributed by atoms with van der Waals surface area (Å²) in [4.78, 5) is 0. The second-order valence-electron chi connectivity index (χ2n) is 4.85. The number of hydrogen-bond acceptors (Lipinski definition) is 3. The van der Waals surface area contributed by atoms with Crippen LogP contribution >= 0.6 is 0 Å². The largest absolute Gasteiger partial charge is 0.396 e. The number of nitrogens with zero attached hydrogens (tertiary/aromatic N) is 2. The van der Waals surface area contributed by atoms with Crippen molar-refractivity contribution in [1.82, 2.24) is 15.1 Å². The maximum absolute atomic E-state index is 9.58. The predicted molar refractivity (Wildman–Crippen MR) is 63.3 cm³/mol. The molecule has 1 atom stereocenters. The van der Waals surface area contributed by atoms with Gasteiger partial charge in [0.25, 0.3) is 0 Å². The number of nitrogens with one attached hydrogen (secondary N) is 1. The maximum atomic E-state index is 9.58. The van der Waals surface area contributed by atoms with Crippen LogP contribution in [0.3, 0.4) is 0 Å². The van der Waals surface area contributed by atoms with Gasteiger partial charge in [-0.3, -0.25) is 4.68 Å². The minimum atomic E-state index is 0.0272. The van der Waals surface area contributed by atoms with Crippen LogP contribution < -0.4 is 5.32 Å². The summed E-state index contributed by atoms with van der Waals surface area (Å²) in [5.74, 6) is 0. The van der Waals surface area contributed by atoms with Gasteiger partial charge < -0.3 is 10.4 Å². The summed E-state index contributed by atoms with van der Waals surface area (Å²) in [6.45, 7) is 7.21. The van der Waals surface area contributed by atoms with Gasteiger partial charge in [0.05, 0.1) is 12.3 Å². The Morgan fingerprint density at radius 2 is 2.44 bits per heavy atom. The topological polar surface area (TPSA) is 50.1 Å². The SMILES string of the molecule is CCn1nc(C)cc1CC1(CO)CCNC1. The van der Waals surface area contributed by atoms with Crippen molar-refractivity contribution in [3.63, 3.8) is 0 Å². The summed E-state index contributed by atoms with van der Waals surface area (Å²) in [5, 5.41) is 17.4. The van der Waals surface area contributed by atoms with E-state index in [0.717, 1.165) is 38.2 Å². The van der Waals surface area contributed by atoms with E-state index in [0.29, 0.717) is 0 Å². The number of aryl methyl sites for hydroxylation is 2. The zero-order valence-corrected chi connectivity index (χ0v) is 10.2. The number of rotatable bonds is 4. The Hall–Kier alpha value is -0.870. The van der Waals surface area contributed by atoms with Gasteiger partial charge in [0, 0.05) is 24.2 Å². The molecule has 16 heavy (non-hydrogen) atoms. The van der Waals surface area contributed by atoms with E-state index in [1.54, 1.807) is 0 Å². The molecule has 0 amide bonds. The van der Waals surface area contributed by atoms with Gasteiger partial charge in [0.2, 0.25) is 0 Å². The third-order valence-corrected chi connectivity index (χ3v) is 3.51. The fraction of sp³-hybridized carbons (Fsp3) is 0.750. The van der Waals surface area contributed by atoms with E-state index in [1.165, 1.54) is 5.69 Å². The minimum Gasteiger partial charge on any atom is -0.396 e. The molecule has 4 nitrogen and oxygen atoms in total. The molecule has 0 saturated carbocycles. The Morgan fingerprint density at radius 3 is 3.00 bits per heavy atom. The first-order chi connectivity index (χ1) is 7.69. The second kappa shape index (κ2) is 4.55. The van der Waals surface area contributed by atoms with Gasteiger partial charge in [0.15, 0.2) is 0 Å². The van der Waals surface area contributed by atoms with Crippen LogP contribution in [0.4, 0.5) is 0 Å². The summed E-state index contributed by atoms with van der Waals surface area (Å²) >= 11 is 0. The van der Waals surface area contributed by atoms with E-state index < -0.39 is 0 Å². The van der Waals surface area contributed by atoms with Crippen LogP contribution in [0.2, 0.25) is 0 Å². The van der Waals surface area contributed by atoms with Gasteiger partial charge in [-0.25, -0.2) is 0 Å². The van der Waals surface area contributed by atoms with Gasteiger partial charge in [-0.2, -0.15) is 5.10 Å². The first kappa shape index (κ1) is 11.6. The molecule has 1 aliphatic heterocycles. The van der Waals surface area contributed by atoms with Crippen LogP contribution in [0.25, 0.3) is 0 Å². The van der Waals surface area contributed by atoms with Gasteiger partial charge >= 0.3 is 0 Å². The van der Waals surface area contributed by atoms with Crippen LogP contribution in [-0.4, -0.2) is 34.6 Å². The monoisotopic (exact) mass is 223 g/mol. The van der Waals surface area contributed by atoms with Crippen molar-refractivity contribution in [3.05, 3.63) is 17.5 Å². The molecule has 2 heterocycles. The molecular weight excluding hydrogens is 202 g/mol. The summed E-state index contributed by atoms with van der Waals surface area (Å²) in [6.07, 6.45) is 1.97. The molecule has 0 radical (unpaired) electrons. The van der Waals surface area contributed by atoms with Crippen molar-refractivity contribution in [1.29, 1.82) is 0 Å². The van der Waals surface area contributed by atoms with Crippen LogP contribution in [0.5, 0.6) is 0 Å². The molecule has 1 aromatic heterocycles. The highest BCUT2D eigenvalue weighted by Crippen LogP contribution is 2.29. The highest BCUT2D eigenvalue weighted by Gasteiger charge is 2.34. The van der Waals surface area contributed by atoms with Crippen LogP contribution in [0, 0.1) is 12.3 Å². The molecule has 1 aromatic rings. The molecule has 0 bridgehead atoms. The van der Waals surface area contributed by atoms with Crippen molar-refractivity contribution in [3.8, 4) is 0 Å². The molecule has 4 heteroatoms. The van der Waals surface area contributed by atoms with Crippen molar-refractivity contribution >= 4 is 0 Å². The molecule has 0 spiro atoms. The Balaban J connectivity index is 2.18. The van der Waals surface area contributed by atoms with Crippen LogP contribution in [0.15, 0.2) is 6.07 Å². The van der Waals surface area contributed by atoms with E-state index in [4.69, 9.17) is 0 Å². The lowest BCUT2D eigenvalue weighted by Gasteiger charge is -2.25. The molecule has 2 N–H and O–H groups in total. The average molecular weight is 223 g/mol. The van der Waals surface area contributed by atoms with Crippen molar-refractivity contribution in [2.75, 3.05) is 19.7 Å². The fourth-order valence-corrected chi connectivity index (χ4v) is 2.54. The third kappa shape index (κ3) is 2.13. The molecular formula is C12H21N3O. The van der Waals surface area contributed by atoms with E-state index in [1.807, 2.05) is 11.6 Å². The lowest BCUT2D eigenvalue weighted by atomic mass is 9.83. The summed E-state index contributed by atoms with van der Waals surface area (Å²) in [7, 11) is 0. The van der Waals surface area contributed by atoms with Crippen molar-refractivity contribution < 1.29 is 5.11 Å². The second-order valence-corrected chi connectivity index (χ2v) is 4.85. The summed E-state index contributed by atoms with van der Waals surface area (Å²) < 4.78 is 2.05. The zero-order valence-electron chi connectivity index (χ0n) is 10.2. The molecule has 1 fully saturated rings. The molecule has 1 aliphatic rings. The highest BCUT2D eigenvalue weighted by molar-refractivity contribution is 5.12. The van der Waals surface area contributed by atoms with Gasteiger partial charge in [-0.1, -0.05) is 0 Å². The Labute approximate surface area is 96.7 Å². The first-order valence-electron chi connectivity index (χ1n) is 6.04. The molecule has 1 saturated heterocycles. The predicted octanol–water partition coefficient (Wildman–Crippen LogP) is 0.726. The lowest BCUT2D eigenvalue weighted by molar-refractivity contribution is 0.140. The summed E-state index contributed by atoms with van der Waals surface area (Å²) in [5.41, 5.74) is 2.34. The molecule has 1 unspecified atom stereocenters. The van der Waals surface area contributed by atoms with E-state index in [9.17, 15) is 5.11 Å². The normalized spacial score (nSPS) is 25.2. The number of aromatic nitrogens is 2. The Bertz CT molecular complexity index is 353. The number of aliphatic hydroxyl groups is 1. The molecule has 2 rings (SSSR count). The number of aliphatic hydroxyl groups excluding tert-OH is 1. The van der Waals surface area contributed by atoms with Crippen molar-refractivity contribution in [2.24, 2.45) is 5.41 Å². The Morgan fingerprint density at radius 1 is 1.62 bits per heavy atom. The van der Waals surface area contributed by atoms with Crippen molar-refractivity contribution in [2.45, 2.75) is 33.2 Å². The van der Waals surface area contributed by atoms with Crippen LogP contribution in [0.1, 0.15) is 24.7 Å². The highest BCUT2D eigenvalue weighted by atomic mass is 16.3. The van der Waals surface area contributed by atoms with E-state index in [-0.39, 0.29) is 12.0 Å². The first-order valence-corrected chi connectivity index (χ1v) is 6.04. The summed E-state index contributed by atoms with van der Waals surface area (Å²) in [6, 6.07) is 2.14. The lowest BCUT2D eigenvalue weighted by Crippen LogP contribution is -2.31. The minimum absolute atomic E-state index is 0.0272. The average Bonchev–Trinajstić information content (AvgIpc) is 2.86. The van der Waals surface area contributed by atoms with Crippen LogP contribution in [-0.2, 0) is 13.0 Å². The standard InChI is InChI=1S/C12H21N3O/c1-3-15-11(6-10(2)14-15)7-12(9-16)4-5-13-8-12/h6,13,16H,3-5,7-9H2,1-2H3. The van der Waals surface area contributed by atoms with E-state index in [2.05, 4.69) is 23.4 Å². The van der Waals surface area contributed by atoms with E-state index >= 15 is 0 Å². The molecule has 90 valence electrons. The zero-order chi connectivity index (χ0) is 11.6. The molecule has 0 aromatic carbocycles. The quantitative estimate of drug-likeness (QED) is 0.791. The third-order valence-electron chi connectivity index (χ3n) is 3.51. The Kier molecular flexibility index (Phi) is 3.30. The number of hydrogen-bond donors (Lipinski definition) is 2. The van der Waals surface area contributed by atoms with Gasteiger partial charge in [-0.05, 0) is 39.3 Å². The smallest absolute Gasteiger partial charge is 0.0596 e. The maximum Gasteiger partial charge on any atom is 0.0596 e. The fourth-order valence-electron chi connectivity index (χ4n) is 2.54. The van der Waals surface area contributed by atoms with Gasteiger partial charge in [-0.15, -0.1) is 0 Å².